The minimum Gasteiger partial charge on any atom is -0.439 e. The molecular formula is C21H19F2N3O2. The summed E-state index contributed by atoms with van der Waals surface area (Å²) in [5, 5.41) is 5.43. The highest BCUT2D eigenvalue weighted by atomic mass is 19.1. The van der Waals surface area contributed by atoms with E-state index < -0.39 is 5.82 Å². The van der Waals surface area contributed by atoms with Crippen molar-refractivity contribution >= 4 is 6.03 Å². The lowest BCUT2D eigenvalue weighted by molar-refractivity contribution is 0.240. The molecule has 0 aliphatic rings. The maximum Gasteiger partial charge on any atom is 0.315 e. The van der Waals surface area contributed by atoms with Gasteiger partial charge in [0.1, 0.15) is 17.4 Å². The second-order valence-corrected chi connectivity index (χ2v) is 6.02. The second kappa shape index (κ2) is 9.45. The fourth-order valence-corrected chi connectivity index (χ4v) is 2.54. The molecule has 0 bridgehead atoms. The highest BCUT2D eigenvalue weighted by Gasteiger charge is 2.08. The van der Waals surface area contributed by atoms with Crippen molar-refractivity contribution in [2.75, 3.05) is 6.54 Å². The topological polar surface area (TPSA) is 63.2 Å². The lowest BCUT2D eigenvalue weighted by atomic mass is 10.1. The molecule has 3 rings (SSSR count). The number of nitrogens with one attached hydrogen (secondary N) is 2. The number of nitrogens with zero attached hydrogens (tertiary/aromatic N) is 1. The monoisotopic (exact) mass is 383 g/mol. The first-order valence-corrected chi connectivity index (χ1v) is 8.73. The minimum atomic E-state index is -0.411. The van der Waals surface area contributed by atoms with Crippen molar-refractivity contribution in [2.45, 2.75) is 13.0 Å². The quantitative estimate of drug-likeness (QED) is 0.643. The van der Waals surface area contributed by atoms with Gasteiger partial charge in [0.05, 0.1) is 0 Å². The van der Waals surface area contributed by atoms with Crippen LogP contribution in [0.3, 0.4) is 0 Å². The average molecular weight is 383 g/mol. The number of urea groups is 1. The highest BCUT2D eigenvalue weighted by Crippen LogP contribution is 2.23. The van der Waals surface area contributed by atoms with Crippen LogP contribution in [-0.2, 0) is 13.0 Å². The smallest absolute Gasteiger partial charge is 0.315 e. The average Bonchev–Trinajstić information content (AvgIpc) is 2.67. The third kappa shape index (κ3) is 5.77. The summed E-state index contributed by atoms with van der Waals surface area (Å²) < 4.78 is 32.1. The maximum atomic E-state index is 13.3. The zero-order valence-electron chi connectivity index (χ0n) is 15.0. The predicted molar refractivity (Wildman–Crippen MR) is 101 cm³/mol. The Morgan fingerprint density at radius 1 is 0.964 bits per heavy atom. The Labute approximate surface area is 161 Å². The van der Waals surface area contributed by atoms with Crippen LogP contribution in [0.2, 0.25) is 0 Å². The molecule has 2 amide bonds. The Kier molecular flexibility index (Phi) is 6.51. The van der Waals surface area contributed by atoms with E-state index in [1.165, 1.54) is 30.3 Å². The number of amides is 2. The van der Waals surface area contributed by atoms with Crippen molar-refractivity contribution < 1.29 is 18.3 Å². The summed E-state index contributed by atoms with van der Waals surface area (Å²) in [6, 6.07) is 15.1. The molecule has 3 aromatic rings. The van der Waals surface area contributed by atoms with Crippen molar-refractivity contribution in [3.05, 3.63) is 89.6 Å². The number of benzene rings is 2. The van der Waals surface area contributed by atoms with Gasteiger partial charge in [-0.15, -0.1) is 0 Å². The van der Waals surface area contributed by atoms with Gasteiger partial charge in [-0.2, -0.15) is 0 Å². The molecule has 0 radical (unpaired) electrons. The lowest BCUT2D eigenvalue weighted by Crippen LogP contribution is -2.36. The molecule has 1 aromatic heterocycles. The normalized spacial score (nSPS) is 10.4. The third-order valence-electron chi connectivity index (χ3n) is 3.89. The Bertz CT molecular complexity index is 950. The van der Waals surface area contributed by atoms with E-state index in [-0.39, 0.29) is 24.3 Å². The molecule has 144 valence electrons. The van der Waals surface area contributed by atoms with E-state index >= 15 is 0 Å². The number of carbonyl (C=O) groups is 1. The van der Waals surface area contributed by atoms with E-state index in [1.807, 2.05) is 0 Å². The lowest BCUT2D eigenvalue weighted by Gasteiger charge is -2.11. The molecule has 0 fully saturated rings. The van der Waals surface area contributed by atoms with Gasteiger partial charge in [-0.25, -0.2) is 18.6 Å². The maximum absolute atomic E-state index is 13.3. The number of aromatic nitrogens is 1. The van der Waals surface area contributed by atoms with Crippen LogP contribution in [-0.4, -0.2) is 17.6 Å². The summed E-state index contributed by atoms with van der Waals surface area (Å²) in [5.74, 6) is -0.109. The van der Waals surface area contributed by atoms with Crippen LogP contribution in [0.4, 0.5) is 13.6 Å². The molecule has 2 aromatic carbocycles. The Hall–Kier alpha value is -3.48. The van der Waals surface area contributed by atoms with E-state index in [1.54, 1.807) is 36.5 Å². The number of hydrogen-bond donors (Lipinski definition) is 2. The molecule has 5 nitrogen and oxygen atoms in total. The molecule has 0 saturated carbocycles. The molecule has 0 aliphatic carbocycles. The molecule has 0 unspecified atom stereocenters. The number of carbonyl (C=O) groups excluding carboxylic acids is 1. The van der Waals surface area contributed by atoms with Crippen molar-refractivity contribution in [3.63, 3.8) is 0 Å². The molecule has 7 heteroatoms. The van der Waals surface area contributed by atoms with Crippen LogP contribution < -0.4 is 15.4 Å². The Balaban J connectivity index is 1.50. The first-order chi connectivity index (χ1) is 13.6. The summed E-state index contributed by atoms with van der Waals surface area (Å²) in [6.45, 7) is 0.555. The van der Waals surface area contributed by atoms with Gasteiger partial charge in [-0.05, 0) is 42.3 Å². The van der Waals surface area contributed by atoms with Crippen molar-refractivity contribution in [2.24, 2.45) is 0 Å². The summed E-state index contributed by atoms with van der Waals surface area (Å²) >= 11 is 0. The van der Waals surface area contributed by atoms with E-state index in [2.05, 4.69) is 15.6 Å². The van der Waals surface area contributed by atoms with Crippen LogP contribution in [0.15, 0.2) is 66.9 Å². The summed E-state index contributed by atoms with van der Waals surface area (Å²) in [4.78, 5) is 16.1. The SMILES string of the molecule is O=C(NCCc1cccc(F)c1)NCc1cccnc1Oc1cccc(F)c1. The number of rotatable bonds is 7. The van der Waals surface area contributed by atoms with E-state index in [0.29, 0.717) is 24.3 Å². The third-order valence-corrected chi connectivity index (χ3v) is 3.89. The van der Waals surface area contributed by atoms with Crippen molar-refractivity contribution in [1.29, 1.82) is 0 Å². The van der Waals surface area contributed by atoms with Gasteiger partial charge in [0.15, 0.2) is 0 Å². The molecule has 28 heavy (non-hydrogen) atoms. The fourth-order valence-electron chi connectivity index (χ4n) is 2.54. The van der Waals surface area contributed by atoms with Gasteiger partial charge < -0.3 is 15.4 Å². The molecule has 0 saturated heterocycles. The van der Waals surface area contributed by atoms with Crippen molar-refractivity contribution in [1.82, 2.24) is 15.6 Å². The zero-order valence-corrected chi connectivity index (χ0v) is 15.0. The largest absolute Gasteiger partial charge is 0.439 e. The van der Waals surface area contributed by atoms with Crippen LogP contribution >= 0.6 is 0 Å². The van der Waals surface area contributed by atoms with Crippen molar-refractivity contribution in [3.8, 4) is 11.6 Å². The predicted octanol–water partition coefficient (Wildman–Crippen LogP) is 4.19. The molecule has 1 heterocycles. The van der Waals surface area contributed by atoms with Gasteiger partial charge in [0.25, 0.3) is 0 Å². The summed E-state index contributed by atoms with van der Waals surface area (Å²) in [5.41, 5.74) is 1.45. The van der Waals surface area contributed by atoms with E-state index in [0.717, 1.165) is 5.56 Å². The van der Waals surface area contributed by atoms with Crippen LogP contribution in [0.25, 0.3) is 0 Å². The standard InChI is InChI=1S/C21H19F2N3O2/c22-17-6-1-4-15(12-17)9-11-25-21(27)26-14-16-5-3-10-24-20(16)28-19-8-2-7-18(23)13-19/h1-8,10,12-13H,9,11,14H2,(H2,25,26,27). The molecule has 0 atom stereocenters. The number of pyridine rings is 1. The highest BCUT2D eigenvalue weighted by molar-refractivity contribution is 5.73. The molecule has 2 N–H and O–H groups in total. The summed E-state index contributed by atoms with van der Waals surface area (Å²) in [6.07, 6.45) is 2.07. The summed E-state index contributed by atoms with van der Waals surface area (Å²) in [7, 11) is 0. The van der Waals surface area contributed by atoms with Gasteiger partial charge in [0.2, 0.25) is 5.88 Å². The van der Waals surface area contributed by atoms with E-state index in [4.69, 9.17) is 4.74 Å². The Morgan fingerprint density at radius 2 is 1.75 bits per heavy atom. The fraction of sp³-hybridized carbons (Fsp3) is 0.143. The second-order valence-electron chi connectivity index (χ2n) is 6.02. The van der Waals surface area contributed by atoms with Gasteiger partial charge in [-0.3, -0.25) is 0 Å². The zero-order chi connectivity index (χ0) is 19.8. The van der Waals surface area contributed by atoms with Gasteiger partial charge in [-0.1, -0.05) is 24.3 Å². The van der Waals surface area contributed by atoms with Crippen LogP contribution in [0.1, 0.15) is 11.1 Å². The number of ether oxygens (including phenoxy) is 1. The minimum absolute atomic E-state index is 0.185. The Morgan fingerprint density at radius 3 is 2.54 bits per heavy atom. The number of halogens is 2. The van der Waals surface area contributed by atoms with Crippen LogP contribution in [0.5, 0.6) is 11.6 Å². The first kappa shape index (κ1) is 19.3. The van der Waals surface area contributed by atoms with Gasteiger partial charge >= 0.3 is 6.03 Å². The number of hydrogen-bond acceptors (Lipinski definition) is 3. The van der Waals surface area contributed by atoms with Gasteiger partial charge in [0, 0.05) is 30.9 Å². The molecular weight excluding hydrogens is 364 g/mol. The molecule has 0 aliphatic heterocycles. The first-order valence-electron chi connectivity index (χ1n) is 8.73. The van der Waals surface area contributed by atoms with E-state index in [9.17, 15) is 13.6 Å². The molecule has 0 spiro atoms. The van der Waals surface area contributed by atoms with Crippen LogP contribution in [0, 0.1) is 11.6 Å².